The molecule has 3 heterocycles. The smallest absolute Gasteiger partial charge is 0.244 e. The van der Waals surface area contributed by atoms with Crippen molar-refractivity contribution in [3.05, 3.63) is 52.7 Å². The average Bonchev–Trinajstić information content (AvgIpc) is 3.29. The van der Waals surface area contributed by atoms with Crippen molar-refractivity contribution in [2.45, 2.75) is 45.7 Å². The van der Waals surface area contributed by atoms with Gasteiger partial charge in [-0.25, -0.2) is 0 Å². The molecule has 1 unspecified atom stereocenters. The molecule has 1 atom stereocenters. The number of unbranched alkanes of at least 4 members (excludes halogenated alkanes) is 1. The number of aryl methyl sites for hydroxylation is 2. The van der Waals surface area contributed by atoms with E-state index in [1.54, 1.807) is 22.5 Å². The Morgan fingerprint density at radius 1 is 1.37 bits per heavy atom. The number of rotatable bonds is 10. The fraction of sp³-hybridized carbons (Fsp3) is 0.429. The van der Waals surface area contributed by atoms with Crippen molar-refractivity contribution in [3.8, 4) is 0 Å². The van der Waals surface area contributed by atoms with E-state index in [0.29, 0.717) is 5.15 Å². The summed E-state index contributed by atoms with van der Waals surface area (Å²) in [5.74, 6) is 1.42. The zero-order valence-electron chi connectivity index (χ0n) is 17.5. The number of nitrogens with one attached hydrogen (secondary N) is 1. The molecule has 30 heavy (non-hydrogen) atoms. The third-order valence-electron chi connectivity index (χ3n) is 4.81. The molecule has 7 nitrogen and oxygen atoms in total. The summed E-state index contributed by atoms with van der Waals surface area (Å²) in [4.78, 5) is 12.7. The Bertz CT molecular complexity index is 1030. The molecular weight excluding hydrogens is 420 g/mol. The first-order valence-corrected chi connectivity index (χ1v) is 11.8. The minimum Gasteiger partial charge on any atom is -0.342 e. The molecule has 1 amide bonds. The Hall–Kier alpha value is -2.32. The molecule has 0 bridgehead atoms. The summed E-state index contributed by atoms with van der Waals surface area (Å²) < 4.78 is 3.70. The van der Waals surface area contributed by atoms with Crippen molar-refractivity contribution < 1.29 is 4.79 Å². The van der Waals surface area contributed by atoms with E-state index in [1.807, 2.05) is 42.0 Å². The third-order valence-corrected chi connectivity index (χ3v) is 5.86. The lowest BCUT2D eigenvalue weighted by molar-refractivity contribution is -0.117. The van der Waals surface area contributed by atoms with Crippen molar-refractivity contribution in [1.29, 1.82) is 0 Å². The number of fused-ring (bicyclic) bond motifs is 1. The highest BCUT2D eigenvalue weighted by Crippen LogP contribution is 2.22. The Kier molecular flexibility index (Phi) is 7.93. The van der Waals surface area contributed by atoms with Gasteiger partial charge in [0.15, 0.2) is 11.5 Å². The Balaban J connectivity index is 1.76. The first-order valence-electron chi connectivity index (χ1n) is 10.0. The van der Waals surface area contributed by atoms with E-state index in [0.717, 1.165) is 54.3 Å². The highest BCUT2D eigenvalue weighted by molar-refractivity contribution is 7.98. The van der Waals surface area contributed by atoms with Gasteiger partial charge in [-0.1, -0.05) is 31.0 Å². The third kappa shape index (κ3) is 5.23. The Labute approximate surface area is 185 Å². The second-order valence-electron chi connectivity index (χ2n) is 7.03. The number of nitrogens with zero attached hydrogens (tertiary/aromatic N) is 5. The van der Waals surface area contributed by atoms with Gasteiger partial charge in [0.2, 0.25) is 5.91 Å². The highest BCUT2D eigenvalue weighted by Gasteiger charge is 2.19. The molecule has 0 aliphatic heterocycles. The number of carbonyl (C=O) groups excluding carboxylic acids is 1. The van der Waals surface area contributed by atoms with E-state index >= 15 is 0 Å². The van der Waals surface area contributed by atoms with Gasteiger partial charge >= 0.3 is 0 Å². The molecular formula is C21H27ClN6OS. The number of hydrogen-bond donors (Lipinski definition) is 1. The maximum Gasteiger partial charge on any atom is 0.244 e. The lowest BCUT2D eigenvalue weighted by Gasteiger charge is -2.15. The minimum absolute atomic E-state index is 0.203. The van der Waals surface area contributed by atoms with Gasteiger partial charge in [-0.3, -0.25) is 13.9 Å². The van der Waals surface area contributed by atoms with Crippen LogP contribution in [0.4, 0.5) is 0 Å². The molecule has 0 saturated carbocycles. The monoisotopic (exact) mass is 446 g/mol. The molecule has 0 aliphatic rings. The van der Waals surface area contributed by atoms with Gasteiger partial charge < -0.3 is 5.32 Å². The summed E-state index contributed by atoms with van der Waals surface area (Å²) in [7, 11) is 0. The number of carbonyl (C=O) groups is 1. The maximum atomic E-state index is 12.7. The number of hydrogen-bond acceptors (Lipinski definition) is 5. The van der Waals surface area contributed by atoms with Crippen LogP contribution in [0.15, 0.2) is 30.5 Å². The van der Waals surface area contributed by atoms with Gasteiger partial charge in [0.05, 0.1) is 11.7 Å². The molecule has 160 valence electrons. The lowest BCUT2D eigenvalue weighted by atomic mass is 10.2. The zero-order valence-corrected chi connectivity index (χ0v) is 19.1. The van der Waals surface area contributed by atoms with E-state index in [1.165, 1.54) is 6.08 Å². The molecule has 0 aromatic carbocycles. The van der Waals surface area contributed by atoms with Crippen LogP contribution in [0.1, 0.15) is 49.3 Å². The fourth-order valence-corrected chi connectivity index (χ4v) is 3.98. The van der Waals surface area contributed by atoms with E-state index < -0.39 is 0 Å². The van der Waals surface area contributed by atoms with Gasteiger partial charge in [-0.05, 0) is 50.0 Å². The number of thioether (sulfide) groups is 1. The van der Waals surface area contributed by atoms with Crippen molar-refractivity contribution in [2.24, 2.45) is 0 Å². The zero-order chi connectivity index (χ0) is 21.5. The standard InChI is InChI=1S/C21H27ClN6OS/c1-4-5-13-28-20(22)16(15(2)26-28)9-10-19(29)23-17(11-14-30-3)21-25-24-18-8-6-7-12-27(18)21/h6-10,12,17H,4-5,11,13-14H2,1-3H3,(H,23,29)/b10-9+. The summed E-state index contributed by atoms with van der Waals surface area (Å²) in [6.45, 7) is 4.80. The van der Waals surface area contributed by atoms with E-state index in [2.05, 4.69) is 27.5 Å². The van der Waals surface area contributed by atoms with Crippen molar-refractivity contribution in [1.82, 2.24) is 29.7 Å². The van der Waals surface area contributed by atoms with Crippen LogP contribution in [0.2, 0.25) is 5.15 Å². The Morgan fingerprint density at radius 3 is 2.97 bits per heavy atom. The second kappa shape index (κ2) is 10.6. The number of aromatic nitrogens is 5. The Morgan fingerprint density at radius 2 is 2.20 bits per heavy atom. The molecule has 3 aromatic rings. The normalized spacial score (nSPS) is 12.7. The number of pyridine rings is 1. The predicted molar refractivity (Wildman–Crippen MR) is 123 cm³/mol. The van der Waals surface area contributed by atoms with Crippen LogP contribution in [0.5, 0.6) is 0 Å². The van der Waals surface area contributed by atoms with E-state index in [9.17, 15) is 4.79 Å². The summed E-state index contributed by atoms with van der Waals surface area (Å²) in [6, 6.07) is 5.49. The second-order valence-corrected chi connectivity index (χ2v) is 8.37. The highest BCUT2D eigenvalue weighted by atomic mass is 35.5. The molecule has 0 spiro atoms. The number of amides is 1. The summed E-state index contributed by atoms with van der Waals surface area (Å²) in [6.07, 6.45) is 10.0. The lowest BCUT2D eigenvalue weighted by Crippen LogP contribution is -2.29. The molecule has 1 N–H and O–H groups in total. The van der Waals surface area contributed by atoms with Gasteiger partial charge in [-0.15, -0.1) is 10.2 Å². The maximum absolute atomic E-state index is 12.7. The van der Waals surface area contributed by atoms with Crippen LogP contribution in [0, 0.1) is 6.92 Å². The fourth-order valence-electron chi connectivity index (χ4n) is 3.19. The molecule has 0 radical (unpaired) electrons. The average molecular weight is 447 g/mol. The molecule has 0 fully saturated rings. The van der Waals surface area contributed by atoms with Crippen LogP contribution in [-0.2, 0) is 11.3 Å². The predicted octanol–water partition coefficient (Wildman–Crippen LogP) is 4.31. The topological polar surface area (TPSA) is 77.1 Å². The summed E-state index contributed by atoms with van der Waals surface area (Å²) in [5, 5.41) is 16.6. The summed E-state index contributed by atoms with van der Waals surface area (Å²) >= 11 is 8.19. The van der Waals surface area contributed by atoms with Crippen LogP contribution in [-0.4, -0.2) is 42.3 Å². The van der Waals surface area contributed by atoms with E-state index in [-0.39, 0.29) is 11.9 Å². The van der Waals surface area contributed by atoms with Gasteiger partial charge in [0, 0.05) is 24.4 Å². The molecule has 0 saturated heterocycles. The first kappa shape index (κ1) is 22.4. The van der Waals surface area contributed by atoms with Gasteiger partial charge in [-0.2, -0.15) is 16.9 Å². The molecule has 0 aliphatic carbocycles. The largest absolute Gasteiger partial charge is 0.342 e. The quantitative estimate of drug-likeness (QED) is 0.469. The van der Waals surface area contributed by atoms with Crippen LogP contribution in [0.25, 0.3) is 11.7 Å². The summed E-state index contributed by atoms with van der Waals surface area (Å²) in [5.41, 5.74) is 2.34. The molecule has 3 rings (SSSR count). The van der Waals surface area contributed by atoms with Gasteiger partial charge in [0.1, 0.15) is 5.15 Å². The van der Waals surface area contributed by atoms with Crippen molar-refractivity contribution >= 4 is 41.0 Å². The minimum atomic E-state index is -0.240. The number of halogens is 1. The van der Waals surface area contributed by atoms with Crippen molar-refractivity contribution in [3.63, 3.8) is 0 Å². The van der Waals surface area contributed by atoms with Crippen LogP contribution < -0.4 is 5.32 Å². The first-order chi connectivity index (χ1) is 14.5. The SMILES string of the molecule is CCCCn1nc(C)c(/C=C/C(=O)NC(CCSC)c2nnc3ccccn23)c1Cl. The van der Waals surface area contributed by atoms with Crippen LogP contribution in [0.3, 0.4) is 0 Å². The van der Waals surface area contributed by atoms with E-state index in [4.69, 9.17) is 11.6 Å². The molecule has 9 heteroatoms. The van der Waals surface area contributed by atoms with Crippen LogP contribution >= 0.6 is 23.4 Å². The van der Waals surface area contributed by atoms with Crippen molar-refractivity contribution in [2.75, 3.05) is 12.0 Å². The van der Waals surface area contributed by atoms with Gasteiger partial charge in [0.25, 0.3) is 0 Å². The molecule has 3 aromatic heterocycles.